The first kappa shape index (κ1) is 12.8. The summed E-state index contributed by atoms with van der Waals surface area (Å²) >= 11 is 11.9. The highest BCUT2D eigenvalue weighted by Crippen LogP contribution is 2.21. The van der Waals surface area contributed by atoms with Gasteiger partial charge in [-0.3, -0.25) is 0 Å². The van der Waals surface area contributed by atoms with Crippen molar-refractivity contribution in [2.45, 2.75) is 26.3 Å². The van der Waals surface area contributed by atoms with Crippen LogP contribution in [0.1, 0.15) is 19.4 Å². The van der Waals surface area contributed by atoms with Crippen LogP contribution in [0.4, 0.5) is 0 Å². The number of rotatable bonds is 5. The molecule has 0 saturated heterocycles. The molecule has 2 nitrogen and oxygen atoms in total. The van der Waals surface area contributed by atoms with Crippen molar-refractivity contribution in [1.82, 2.24) is 5.48 Å². The molecular formula is C11H15Cl2NO. The average molecular weight is 248 g/mol. The molecule has 0 saturated carbocycles. The van der Waals surface area contributed by atoms with E-state index < -0.39 is 0 Å². The van der Waals surface area contributed by atoms with Crippen molar-refractivity contribution in [3.8, 4) is 0 Å². The van der Waals surface area contributed by atoms with Crippen LogP contribution in [-0.2, 0) is 11.3 Å². The molecule has 0 radical (unpaired) electrons. The van der Waals surface area contributed by atoms with Crippen LogP contribution in [0.2, 0.25) is 10.0 Å². The number of halogens is 2. The maximum Gasteiger partial charge on any atom is 0.0654 e. The van der Waals surface area contributed by atoms with E-state index in [4.69, 9.17) is 28.0 Å². The minimum atomic E-state index is 0.226. The average Bonchev–Trinajstić information content (AvgIpc) is 2.19. The molecule has 0 aliphatic rings. The third-order valence-corrected chi connectivity index (χ3v) is 2.56. The van der Waals surface area contributed by atoms with Crippen LogP contribution in [0.25, 0.3) is 0 Å². The Balaban J connectivity index is 2.56. The second-order valence-corrected chi connectivity index (χ2v) is 4.24. The van der Waals surface area contributed by atoms with Crippen LogP contribution in [0.3, 0.4) is 0 Å². The van der Waals surface area contributed by atoms with Gasteiger partial charge in [0.25, 0.3) is 0 Å². The highest BCUT2D eigenvalue weighted by Gasteiger charge is 2.06. The van der Waals surface area contributed by atoms with Gasteiger partial charge < -0.3 is 4.84 Å². The summed E-state index contributed by atoms with van der Waals surface area (Å²) in [6, 6.07) is 5.76. The fourth-order valence-corrected chi connectivity index (χ4v) is 1.77. The van der Waals surface area contributed by atoms with Crippen molar-refractivity contribution in [2.24, 2.45) is 0 Å². The third-order valence-electron chi connectivity index (χ3n) is 1.97. The first-order valence-electron chi connectivity index (χ1n) is 4.94. The second kappa shape index (κ2) is 6.33. The Kier molecular flexibility index (Phi) is 5.40. The third kappa shape index (κ3) is 4.39. The fourth-order valence-electron chi connectivity index (χ4n) is 1.28. The molecule has 1 N–H and O–H groups in total. The molecule has 0 heterocycles. The zero-order valence-electron chi connectivity index (χ0n) is 8.89. The van der Waals surface area contributed by atoms with Gasteiger partial charge in [-0.05, 0) is 38.0 Å². The molecule has 1 unspecified atom stereocenters. The monoisotopic (exact) mass is 247 g/mol. The Morgan fingerprint density at radius 3 is 2.73 bits per heavy atom. The summed E-state index contributed by atoms with van der Waals surface area (Å²) in [5.74, 6) is 0. The van der Waals surface area contributed by atoms with E-state index in [0.717, 1.165) is 12.0 Å². The molecule has 0 bridgehead atoms. The fraction of sp³-hybridized carbons (Fsp3) is 0.455. The summed E-state index contributed by atoms with van der Waals surface area (Å²) < 4.78 is 0. The van der Waals surface area contributed by atoms with Gasteiger partial charge >= 0.3 is 0 Å². The van der Waals surface area contributed by atoms with Crippen molar-refractivity contribution in [3.05, 3.63) is 33.8 Å². The van der Waals surface area contributed by atoms with Crippen LogP contribution in [0.15, 0.2) is 18.2 Å². The lowest BCUT2D eigenvalue weighted by molar-refractivity contribution is 0.0290. The maximum atomic E-state index is 6.05. The van der Waals surface area contributed by atoms with Gasteiger partial charge in [-0.15, -0.1) is 0 Å². The normalized spacial score (nSPS) is 12.8. The van der Waals surface area contributed by atoms with Crippen molar-refractivity contribution in [3.63, 3.8) is 0 Å². The van der Waals surface area contributed by atoms with E-state index >= 15 is 0 Å². The summed E-state index contributed by atoms with van der Waals surface area (Å²) in [7, 11) is 0. The van der Waals surface area contributed by atoms with Crippen LogP contribution in [0, 0.1) is 0 Å². The first-order valence-corrected chi connectivity index (χ1v) is 5.70. The van der Waals surface area contributed by atoms with E-state index in [-0.39, 0.29) is 6.04 Å². The number of hydrogen-bond donors (Lipinski definition) is 1. The van der Waals surface area contributed by atoms with Gasteiger partial charge in [0, 0.05) is 16.1 Å². The molecule has 15 heavy (non-hydrogen) atoms. The number of nitrogens with one attached hydrogen (secondary N) is 1. The molecule has 0 spiro atoms. The topological polar surface area (TPSA) is 21.3 Å². The van der Waals surface area contributed by atoms with Gasteiger partial charge in [-0.25, -0.2) is 0 Å². The lowest BCUT2D eigenvalue weighted by atomic mass is 10.1. The van der Waals surface area contributed by atoms with Gasteiger partial charge in [0.1, 0.15) is 0 Å². The molecule has 0 aromatic heterocycles. The summed E-state index contributed by atoms with van der Waals surface area (Å²) in [6.45, 7) is 4.63. The predicted molar refractivity (Wildman–Crippen MR) is 64.4 cm³/mol. The molecule has 0 aliphatic carbocycles. The van der Waals surface area contributed by atoms with Crippen LogP contribution >= 0.6 is 23.2 Å². The SMILES string of the molecule is CCONC(C)Cc1ccc(Cl)cc1Cl. The van der Waals surface area contributed by atoms with E-state index in [9.17, 15) is 0 Å². The highest BCUT2D eigenvalue weighted by atomic mass is 35.5. The summed E-state index contributed by atoms with van der Waals surface area (Å²) in [5.41, 5.74) is 4.00. The summed E-state index contributed by atoms with van der Waals surface area (Å²) in [4.78, 5) is 5.11. The Morgan fingerprint density at radius 2 is 2.13 bits per heavy atom. The molecule has 84 valence electrons. The van der Waals surface area contributed by atoms with Gasteiger partial charge in [0.2, 0.25) is 0 Å². The van der Waals surface area contributed by atoms with E-state index in [1.807, 2.05) is 26.0 Å². The van der Waals surface area contributed by atoms with Gasteiger partial charge in [0.15, 0.2) is 0 Å². The number of hydroxylamine groups is 1. The minimum Gasteiger partial charge on any atom is -0.302 e. The van der Waals surface area contributed by atoms with Gasteiger partial charge in [-0.2, -0.15) is 5.48 Å². The molecule has 0 fully saturated rings. The lowest BCUT2D eigenvalue weighted by Gasteiger charge is -2.13. The van der Waals surface area contributed by atoms with Crippen molar-refractivity contribution < 1.29 is 4.84 Å². The molecule has 0 aliphatic heterocycles. The standard InChI is InChI=1S/C11H15Cl2NO/c1-3-15-14-8(2)6-9-4-5-10(12)7-11(9)13/h4-5,7-8,14H,3,6H2,1-2H3. The second-order valence-electron chi connectivity index (χ2n) is 3.39. The predicted octanol–water partition coefficient (Wildman–Crippen LogP) is 3.47. The largest absolute Gasteiger partial charge is 0.302 e. The quantitative estimate of drug-likeness (QED) is 0.805. The Bertz CT molecular complexity index is 317. The van der Waals surface area contributed by atoms with E-state index in [1.165, 1.54) is 0 Å². The van der Waals surface area contributed by atoms with Crippen LogP contribution < -0.4 is 5.48 Å². The molecule has 1 atom stereocenters. The first-order chi connectivity index (χ1) is 7.13. The van der Waals surface area contributed by atoms with E-state index in [2.05, 4.69) is 5.48 Å². The minimum absolute atomic E-state index is 0.226. The Labute approximate surface area is 100 Å². The number of hydrogen-bond acceptors (Lipinski definition) is 2. The molecule has 1 rings (SSSR count). The number of benzene rings is 1. The van der Waals surface area contributed by atoms with E-state index in [1.54, 1.807) is 6.07 Å². The zero-order valence-corrected chi connectivity index (χ0v) is 10.4. The molecule has 4 heteroatoms. The Hall–Kier alpha value is -0.280. The summed E-state index contributed by atoms with van der Waals surface area (Å²) in [5, 5.41) is 1.36. The van der Waals surface area contributed by atoms with Crippen molar-refractivity contribution in [2.75, 3.05) is 6.61 Å². The van der Waals surface area contributed by atoms with Gasteiger partial charge in [-0.1, -0.05) is 29.3 Å². The molecule has 0 amide bonds. The maximum absolute atomic E-state index is 6.05. The smallest absolute Gasteiger partial charge is 0.0654 e. The van der Waals surface area contributed by atoms with Crippen LogP contribution in [-0.4, -0.2) is 12.6 Å². The molecule has 1 aromatic rings. The molecular weight excluding hydrogens is 233 g/mol. The van der Waals surface area contributed by atoms with Gasteiger partial charge in [0.05, 0.1) is 6.61 Å². The molecule has 1 aromatic carbocycles. The van der Waals surface area contributed by atoms with Crippen molar-refractivity contribution >= 4 is 23.2 Å². The Morgan fingerprint density at radius 1 is 1.40 bits per heavy atom. The lowest BCUT2D eigenvalue weighted by Crippen LogP contribution is -2.28. The highest BCUT2D eigenvalue weighted by molar-refractivity contribution is 6.35. The van der Waals surface area contributed by atoms with Crippen molar-refractivity contribution in [1.29, 1.82) is 0 Å². The van der Waals surface area contributed by atoms with E-state index in [0.29, 0.717) is 16.7 Å². The van der Waals surface area contributed by atoms with Crippen LogP contribution in [0.5, 0.6) is 0 Å². The zero-order chi connectivity index (χ0) is 11.3. The summed E-state index contributed by atoms with van der Waals surface area (Å²) in [6.07, 6.45) is 0.815.